The predicted octanol–water partition coefficient (Wildman–Crippen LogP) is 4.63. The summed E-state index contributed by atoms with van der Waals surface area (Å²) in [7, 11) is 0. The minimum absolute atomic E-state index is 0.229. The maximum absolute atomic E-state index is 13.2. The molecule has 0 radical (unpaired) electrons. The van der Waals surface area contributed by atoms with E-state index >= 15 is 0 Å². The lowest BCUT2D eigenvalue weighted by molar-refractivity contribution is 0.627. The van der Waals surface area contributed by atoms with Crippen molar-refractivity contribution in [1.82, 2.24) is 0 Å². The minimum Gasteiger partial charge on any atom is -0.381 e. The lowest BCUT2D eigenvalue weighted by Crippen LogP contribution is -2.18. The fourth-order valence-corrected chi connectivity index (χ4v) is 2.25. The van der Waals surface area contributed by atoms with Gasteiger partial charge >= 0.3 is 0 Å². The van der Waals surface area contributed by atoms with E-state index in [1.165, 1.54) is 17.7 Å². The molecule has 0 aliphatic heterocycles. The summed E-state index contributed by atoms with van der Waals surface area (Å²) in [6.45, 7) is 2.09. The van der Waals surface area contributed by atoms with E-state index in [9.17, 15) is 4.39 Å². The molecule has 0 aromatic heterocycles. The fraction of sp³-hybridized carbons (Fsp3) is 0.200. The third kappa shape index (κ3) is 3.57. The summed E-state index contributed by atoms with van der Waals surface area (Å²) in [5.41, 5.74) is 2.06. The van der Waals surface area contributed by atoms with Crippen molar-refractivity contribution in [1.29, 1.82) is 0 Å². The highest BCUT2D eigenvalue weighted by Crippen LogP contribution is 2.24. The summed E-state index contributed by atoms with van der Waals surface area (Å²) < 4.78 is 14.0. The van der Waals surface area contributed by atoms with E-state index in [1.807, 2.05) is 18.2 Å². The van der Waals surface area contributed by atoms with Crippen molar-refractivity contribution in [3.63, 3.8) is 0 Å². The van der Waals surface area contributed by atoms with E-state index in [2.05, 4.69) is 40.3 Å². The average Bonchev–Trinajstić information content (AvgIpc) is 2.35. The van der Waals surface area contributed by atoms with Crippen molar-refractivity contribution < 1.29 is 4.39 Å². The second kappa shape index (κ2) is 6.01. The van der Waals surface area contributed by atoms with Crippen molar-refractivity contribution in [2.24, 2.45) is 0 Å². The number of rotatable bonds is 4. The molecule has 0 saturated carbocycles. The van der Waals surface area contributed by atoms with Crippen LogP contribution in [0.4, 0.5) is 10.1 Å². The quantitative estimate of drug-likeness (QED) is 0.868. The van der Waals surface area contributed by atoms with E-state index in [1.54, 1.807) is 6.07 Å². The Labute approximate surface area is 115 Å². The Morgan fingerprint density at radius 1 is 1.17 bits per heavy atom. The molecule has 0 heterocycles. The zero-order chi connectivity index (χ0) is 13.0. The fourth-order valence-electron chi connectivity index (χ4n) is 1.89. The molecule has 0 amide bonds. The van der Waals surface area contributed by atoms with Gasteiger partial charge in [0.2, 0.25) is 0 Å². The summed E-state index contributed by atoms with van der Waals surface area (Å²) in [4.78, 5) is 0. The van der Waals surface area contributed by atoms with Crippen LogP contribution in [0.3, 0.4) is 0 Å². The van der Waals surface area contributed by atoms with Gasteiger partial charge in [-0.3, -0.25) is 0 Å². The summed E-state index contributed by atoms with van der Waals surface area (Å²) in [6.07, 6.45) is 0.907. The highest BCUT2D eigenvalue weighted by Gasteiger charge is 2.07. The first-order valence-electron chi connectivity index (χ1n) is 5.90. The standard InChI is InChI=1S/C15H15BrFN/c1-11(9-12-5-3-2-4-6-12)18-15-10-13(17)7-8-14(15)16/h2-8,10-11,18H,9H2,1H3. The molecule has 94 valence electrons. The van der Waals surface area contributed by atoms with Crippen LogP contribution < -0.4 is 5.32 Å². The van der Waals surface area contributed by atoms with Gasteiger partial charge in [-0.05, 0) is 53.0 Å². The molecular weight excluding hydrogens is 293 g/mol. The Morgan fingerprint density at radius 2 is 1.89 bits per heavy atom. The van der Waals surface area contributed by atoms with Gasteiger partial charge in [0.05, 0.1) is 5.69 Å². The van der Waals surface area contributed by atoms with Crippen LogP contribution in [0.1, 0.15) is 12.5 Å². The highest BCUT2D eigenvalue weighted by atomic mass is 79.9. The Bertz CT molecular complexity index is 513. The lowest BCUT2D eigenvalue weighted by Gasteiger charge is -2.16. The van der Waals surface area contributed by atoms with Gasteiger partial charge < -0.3 is 5.32 Å². The summed E-state index contributed by atoms with van der Waals surface area (Å²) in [5, 5.41) is 3.31. The van der Waals surface area contributed by atoms with Gasteiger partial charge in [0.15, 0.2) is 0 Å². The van der Waals surface area contributed by atoms with E-state index in [0.29, 0.717) is 0 Å². The lowest BCUT2D eigenvalue weighted by atomic mass is 10.1. The van der Waals surface area contributed by atoms with Crippen LogP contribution in [0.25, 0.3) is 0 Å². The maximum atomic E-state index is 13.2. The molecule has 0 spiro atoms. The largest absolute Gasteiger partial charge is 0.381 e. The van der Waals surface area contributed by atoms with E-state index in [4.69, 9.17) is 0 Å². The van der Waals surface area contributed by atoms with Gasteiger partial charge in [0.1, 0.15) is 5.82 Å². The van der Waals surface area contributed by atoms with Gasteiger partial charge in [-0.1, -0.05) is 30.3 Å². The van der Waals surface area contributed by atoms with Crippen molar-refractivity contribution in [3.05, 3.63) is 64.4 Å². The first kappa shape index (κ1) is 13.1. The molecule has 0 fully saturated rings. The molecule has 0 aliphatic rings. The molecule has 0 saturated heterocycles. The number of halogens is 2. The molecule has 1 nitrogen and oxygen atoms in total. The van der Waals surface area contributed by atoms with Crippen LogP contribution >= 0.6 is 15.9 Å². The Morgan fingerprint density at radius 3 is 2.61 bits per heavy atom. The number of hydrogen-bond donors (Lipinski definition) is 1. The van der Waals surface area contributed by atoms with Crippen LogP contribution in [0.15, 0.2) is 53.0 Å². The van der Waals surface area contributed by atoms with Crippen molar-refractivity contribution in [3.8, 4) is 0 Å². The van der Waals surface area contributed by atoms with Crippen LogP contribution in [0.5, 0.6) is 0 Å². The van der Waals surface area contributed by atoms with Crippen molar-refractivity contribution >= 4 is 21.6 Å². The molecule has 0 aliphatic carbocycles. The average molecular weight is 308 g/mol. The molecule has 3 heteroatoms. The van der Waals surface area contributed by atoms with Crippen LogP contribution in [-0.4, -0.2) is 6.04 Å². The molecule has 2 rings (SSSR count). The molecule has 0 bridgehead atoms. The van der Waals surface area contributed by atoms with Gasteiger partial charge in [0, 0.05) is 10.5 Å². The van der Waals surface area contributed by atoms with Crippen LogP contribution in [-0.2, 0) is 6.42 Å². The number of hydrogen-bond acceptors (Lipinski definition) is 1. The Kier molecular flexibility index (Phi) is 4.37. The van der Waals surface area contributed by atoms with Crippen molar-refractivity contribution in [2.45, 2.75) is 19.4 Å². The van der Waals surface area contributed by atoms with E-state index in [-0.39, 0.29) is 11.9 Å². The van der Waals surface area contributed by atoms with Gasteiger partial charge in [0.25, 0.3) is 0 Å². The zero-order valence-corrected chi connectivity index (χ0v) is 11.7. The van der Waals surface area contributed by atoms with Crippen molar-refractivity contribution in [2.75, 3.05) is 5.32 Å². The second-order valence-electron chi connectivity index (χ2n) is 4.36. The van der Waals surface area contributed by atoms with Crippen LogP contribution in [0, 0.1) is 5.82 Å². The highest BCUT2D eigenvalue weighted by molar-refractivity contribution is 9.10. The SMILES string of the molecule is CC(Cc1ccccc1)Nc1cc(F)ccc1Br. The summed E-state index contributed by atoms with van der Waals surface area (Å²) >= 11 is 3.42. The third-order valence-electron chi connectivity index (χ3n) is 2.72. The predicted molar refractivity (Wildman–Crippen MR) is 77.3 cm³/mol. The van der Waals surface area contributed by atoms with E-state index in [0.717, 1.165) is 16.6 Å². The first-order valence-corrected chi connectivity index (χ1v) is 6.70. The van der Waals surface area contributed by atoms with Crippen LogP contribution in [0.2, 0.25) is 0 Å². The zero-order valence-electron chi connectivity index (χ0n) is 10.2. The van der Waals surface area contributed by atoms with Gasteiger partial charge in [-0.25, -0.2) is 4.39 Å². The summed E-state index contributed by atoms with van der Waals surface area (Å²) in [5.74, 6) is -0.229. The molecule has 1 atom stereocenters. The number of nitrogens with one attached hydrogen (secondary N) is 1. The Balaban J connectivity index is 2.03. The molecule has 1 unspecified atom stereocenters. The molecule has 1 N–H and O–H groups in total. The maximum Gasteiger partial charge on any atom is 0.125 e. The summed E-state index contributed by atoms with van der Waals surface area (Å²) in [6, 6.07) is 15.2. The Hall–Kier alpha value is -1.35. The monoisotopic (exact) mass is 307 g/mol. The molecular formula is C15H15BrFN. The topological polar surface area (TPSA) is 12.0 Å². The number of anilines is 1. The second-order valence-corrected chi connectivity index (χ2v) is 5.21. The molecule has 2 aromatic rings. The molecule has 2 aromatic carbocycles. The smallest absolute Gasteiger partial charge is 0.125 e. The van der Waals surface area contributed by atoms with Gasteiger partial charge in [-0.2, -0.15) is 0 Å². The normalized spacial score (nSPS) is 12.2. The third-order valence-corrected chi connectivity index (χ3v) is 3.41. The molecule has 18 heavy (non-hydrogen) atoms. The van der Waals surface area contributed by atoms with E-state index < -0.39 is 0 Å². The minimum atomic E-state index is -0.229. The first-order chi connectivity index (χ1) is 8.65. The number of benzene rings is 2. The van der Waals surface area contributed by atoms with Gasteiger partial charge in [-0.15, -0.1) is 0 Å².